The number of azo groups is 2. The zero-order valence-electron chi connectivity index (χ0n) is 17.4. The summed E-state index contributed by atoms with van der Waals surface area (Å²) in [6.45, 7) is 2.25. The van der Waals surface area contributed by atoms with Crippen LogP contribution in [0.1, 0.15) is 12.8 Å². The number of rotatable bonds is 7. The number of hydrogen-bond acceptors (Lipinski definition) is 7. The molecule has 1 heterocycles. The molecule has 0 amide bonds. The van der Waals surface area contributed by atoms with E-state index in [9.17, 15) is 4.79 Å². The van der Waals surface area contributed by atoms with Gasteiger partial charge in [-0.2, -0.15) is 20.5 Å². The van der Waals surface area contributed by atoms with Gasteiger partial charge in [-0.1, -0.05) is 0 Å². The van der Waals surface area contributed by atoms with Crippen molar-refractivity contribution in [3.8, 4) is 5.75 Å². The Morgan fingerprint density at radius 2 is 1.12 bits per heavy atom. The Kier molecular flexibility index (Phi) is 6.96. The third-order valence-corrected chi connectivity index (χ3v) is 4.88. The minimum atomic E-state index is 0.562. The van der Waals surface area contributed by atoms with Crippen molar-refractivity contribution < 1.29 is 9.53 Å². The van der Waals surface area contributed by atoms with Crippen molar-refractivity contribution in [1.29, 1.82) is 0 Å². The summed E-state index contributed by atoms with van der Waals surface area (Å²) < 4.78 is 5.17. The molecule has 0 N–H and O–H groups in total. The third kappa shape index (κ3) is 5.86. The van der Waals surface area contributed by atoms with E-state index in [-0.39, 0.29) is 0 Å². The lowest BCUT2D eigenvalue weighted by Crippen LogP contribution is -2.17. The standard InChI is InChI=1S/C25H21N5O2/c31-18-3-19-32-25-14-10-23(11-15-25)29-27-21-6-4-20(5-7-21)26-28-22-8-12-24(13-9-22)30-16-1-2-17-30/h4-15,19H,1-2,16-17H2/b28-26+,29-27+. The van der Waals surface area contributed by atoms with Gasteiger partial charge in [-0.3, -0.25) is 0 Å². The van der Waals surface area contributed by atoms with E-state index >= 15 is 0 Å². The summed E-state index contributed by atoms with van der Waals surface area (Å²) in [5, 5.41) is 17.0. The van der Waals surface area contributed by atoms with Crippen LogP contribution in [0.2, 0.25) is 0 Å². The molecule has 1 aliphatic rings. The quantitative estimate of drug-likeness (QED) is 0.178. The zero-order chi connectivity index (χ0) is 22.0. The fourth-order valence-electron chi connectivity index (χ4n) is 3.24. The largest absolute Gasteiger partial charge is 0.456 e. The summed E-state index contributed by atoms with van der Waals surface area (Å²) in [7, 11) is 0. The van der Waals surface area contributed by atoms with Crippen LogP contribution in [0.3, 0.4) is 0 Å². The molecule has 7 nitrogen and oxygen atoms in total. The zero-order valence-corrected chi connectivity index (χ0v) is 17.4. The van der Waals surface area contributed by atoms with E-state index in [4.69, 9.17) is 4.74 Å². The van der Waals surface area contributed by atoms with Crippen molar-refractivity contribution >= 4 is 34.4 Å². The van der Waals surface area contributed by atoms with Crippen LogP contribution in [-0.2, 0) is 4.79 Å². The van der Waals surface area contributed by atoms with Gasteiger partial charge in [-0.05, 0) is 85.6 Å². The average molecular weight is 423 g/mol. The highest BCUT2D eigenvalue weighted by molar-refractivity contribution is 5.54. The van der Waals surface area contributed by atoms with E-state index in [1.807, 2.05) is 36.4 Å². The van der Waals surface area contributed by atoms with Gasteiger partial charge in [0.2, 0.25) is 0 Å². The first-order valence-corrected chi connectivity index (χ1v) is 10.3. The first-order chi connectivity index (χ1) is 15.8. The van der Waals surface area contributed by atoms with Gasteiger partial charge >= 0.3 is 0 Å². The second-order valence-electron chi connectivity index (χ2n) is 7.10. The molecule has 1 saturated heterocycles. The molecule has 0 unspecified atom stereocenters. The van der Waals surface area contributed by atoms with Crippen LogP contribution in [0.5, 0.6) is 5.75 Å². The minimum Gasteiger partial charge on any atom is -0.456 e. The van der Waals surface area contributed by atoms with E-state index in [1.54, 1.807) is 24.3 Å². The number of ether oxygens (including phenoxy) is 1. The maximum absolute atomic E-state index is 10.1. The maximum Gasteiger partial charge on any atom is 0.180 e. The average Bonchev–Trinajstić information content (AvgIpc) is 3.38. The molecule has 0 aliphatic carbocycles. The van der Waals surface area contributed by atoms with Gasteiger partial charge in [0, 0.05) is 24.5 Å². The van der Waals surface area contributed by atoms with Crippen molar-refractivity contribution in [3.05, 3.63) is 84.8 Å². The Labute approximate surface area is 186 Å². The lowest BCUT2D eigenvalue weighted by molar-refractivity contribution is 0.482. The Morgan fingerprint density at radius 3 is 1.59 bits per heavy atom. The van der Waals surface area contributed by atoms with Gasteiger partial charge in [0.25, 0.3) is 0 Å². The van der Waals surface area contributed by atoms with E-state index in [2.05, 4.69) is 43.2 Å². The minimum absolute atomic E-state index is 0.562. The molecule has 0 spiro atoms. The Bertz CT molecular complexity index is 1170. The monoisotopic (exact) mass is 423 g/mol. The molecular formula is C25H21N5O2. The summed E-state index contributed by atoms with van der Waals surface area (Å²) in [6, 6.07) is 22.5. The van der Waals surface area contributed by atoms with Gasteiger partial charge in [0.15, 0.2) is 5.94 Å². The molecular weight excluding hydrogens is 402 g/mol. The Hall–Kier alpha value is -4.31. The highest BCUT2D eigenvalue weighted by Gasteiger charge is 2.11. The lowest BCUT2D eigenvalue weighted by atomic mass is 10.2. The fraction of sp³-hybridized carbons (Fsp3) is 0.160. The summed E-state index contributed by atoms with van der Waals surface area (Å²) in [5.74, 6) is 2.05. The van der Waals surface area contributed by atoms with Crippen LogP contribution in [0.25, 0.3) is 0 Å². The Balaban J connectivity index is 1.33. The highest BCUT2D eigenvalue weighted by atomic mass is 16.5. The van der Waals surface area contributed by atoms with Gasteiger partial charge in [0.05, 0.1) is 22.7 Å². The molecule has 0 bridgehead atoms. The van der Waals surface area contributed by atoms with Crippen LogP contribution in [0, 0.1) is 0 Å². The predicted octanol–water partition coefficient (Wildman–Crippen LogP) is 7.00. The fourth-order valence-corrected chi connectivity index (χ4v) is 3.24. The number of nitrogens with zero attached hydrogens (tertiary/aromatic N) is 5. The van der Waals surface area contributed by atoms with Gasteiger partial charge in [-0.25, -0.2) is 4.79 Å². The second kappa shape index (κ2) is 10.6. The van der Waals surface area contributed by atoms with Gasteiger partial charge < -0.3 is 9.64 Å². The second-order valence-corrected chi connectivity index (χ2v) is 7.10. The van der Waals surface area contributed by atoms with Crippen LogP contribution < -0.4 is 9.64 Å². The molecule has 3 aromatic rings. The van der Waals surface area contributed by atoms with Crippen LogP contribution in [0.15, 0.2) is 105 Å². The summed E-state index contributed by atoms with van der Waals surface area (Å²) in [6.07, 6.45) is 3.67. The van der Waals surface area contributed by atoms with Crippen molar-refractivity contribution in [1.82, 2.24) is 0 Å². The summed E-state index contributed by atoms with van der Waals surface area (Å²) in [4.78, 5) is 12.4. The number of anilines is 1. The molecule has 7 heteroatoms. The molecule has 1 fully saturated rings. The van der Waals surface area contributed by atoms with E-state index in [0.29, 0.717) is 17.1 Å². The molecule has 1 aliphatic heterocycles. The van der Waals surface area contributed by atoms with Crippen molar-refractivity contribution in [2.75, 3.05) is 18.0 Å². The smallest absolute Gasteiger partial charge is 0.180 e. The number of hydrogen-bond donors (Lipinski definition) is 0. The summed E-state index contributed by atoms with van der Waals surface area (Å²) in [5.41, 5.74) is 6.37. The maximum atomic E-state index is 10.1. The van der Waals surface area contributed by atoms with Crippen molar-refractivity contribution in [2.45, 2.75) is 12.8 Å². The first kappa shape index (κ1) is 20.9. The molecule has 158 valence electrons. The third-order valence-electron chi connectivity index (χ3n) is 4.88. The van der Waals surface area contributed by atoms with E-state index in [0.717, 1.165) is 30.7 Å². The highest BCUT2D eigenvalue weighted by Crippen LogP contribution is 2.26. The molecule has 4 rings (SSSR count). The lowest BCUT2D eigenvalue weighted by Gasteiger charge is -2.17. The molecule has 0 saturated carbocycles. The van der Waals surface area contributed by atoms with Crippen LogP contribution >= 0.6 is 0 Å². The van der Waals surface area contributed by atoms with Crippen molar-refractivity contribution in [3.63, 3.8) is 0 Å². The molecule has 0 radical (unpaired) electrons. The molecule has 0 aromatic heterocycles. The van der Waals surface area contributed by atoms with Crippen molar-refractivity contribution in [2.24, 2.45) is 20.5 Å². The molecule has 0 atom stereocenters. The molecule has 32 heavy (non-hydrogen) atoms. The Morgan fingerprint density at radius 1 is 0.688 bits per heavy atom. The number of carbonyl (C=O) groups excluding carboxylic acids is 1. The normalized spacial score (nSPS) is 13.3. The molecule has 3 aromatic carbocycles. The summed E-state index contributed by atoms with van der Waals surface area (Å²) >= 11 is 0. The number of benzene rings is 3. The first-order valence-electron chi connectivity index (χ1n) is 10.3. The predicted molar refractivity (Wildman–Crippen MR) is 124 cm³/mol. The van der Waals surface area contributed by atoms with Gasteiger partial charge in [-0.15, -0.1) is 0 Å². The SMILES string of the molecule is O=C=C=COc1ccc(/N=N/c2ccc(/N=N/c3ccc(N4CCCC4)cc3)cc2)cc1. The van der Waals surface area contributed by atoms with Crippen LogP contribution in [0.4, 0.5) is 28.4 Å². The van der Waals surface area contributed by atoms with Crippen LogP contribution in [-0.4, -0.2) is 19.0 Å². The topological polar surface area (TPSA) is 79.0 Å². The van der Waals surface area contributed by atoms with E-state index < -0.39 is 0 Å². The van der Waals surface area contributed by atoms with E-state index in [1.165, 1.54) is 24.5 Å². The van der Waals surface area contributed by atoms with Gasteiger partial charge in [0.1, 0.15) is 12.0 Å².